The number of sulfonamides is 1. The summed E-state index contributed by atoms with van der Waals surface area (Å²) in [5.74, 6) is 0.495. The predicted octanol–water partition coefficient (Wildman–Crippen LogP) is 2.69. The minimum Gasteiger partial charge on any atom is -0.268 e. The molecule has 0 aliphatic carbocycles. The van der Waals surface area contributed by atoms with E-state index in [-0.39, 0.29) is 23.5 Å². The second-order valence-electron chi connectivity index (χ2n) is 7.38. The number of aromatic nitrogens is 4. The van der Waals surface area contributed by atoms with Crippen molar-refractivity contribution in [3.8, 4) is 16.9 Å². The Hall–Kier alpha value is -3.56. The normalized spacial score (nSPS) is 11.6. The van der Waals surface area contributed by atoms with E-state index in [0.717, 1.165) is 22.5 Å². The van der Waals surface area contributed by atoms with Crippen LogP contribution in [0.5, 0.6) is 0 Å². The molecule has 0 atom stereocenters. The van der Waals surface area contributed by atoms with Crippen LogP contribution in [0.3, 0.4) is 0 Å². The standard InChI is InChI=1S/C23H23N5O3S/c1-17-16-18(2)28(25-17)22-12-13-23(29)27(26-22)15-14-24-32(30,31)21-10-8-20(9-11-21)19-6-4-3-5-7-19/h3-13,16,24H,14-15H2,1-2H3. The van der Waals surface area contributed by atoms with Gasteiger partial charge in [-0.05, 0) is 49.2 Å². The van der Waals surface area contributed by atoms with Gasteiger partial charge in [0.25, 0.3) is 5.56 Å². The summed E-state index contributed by atoms with van der Waals surface area (Å²) in [5.41, 5.74) is 3.35. The average molecular weight is 450 g/mol. The SMILES string of the molecule is Cc1cc(C)n(-c2ccc(=O)n(CCNS(=O)(=O)c3ccc(-c4ccccc4)cc3)n2)n1. The Labute approximate surface area is 186 Å². The van der Waals surface area contributed by atoms with Gasteiger partial charge in [-0.15, -0.1) is 5.10 Å². The Morgan fingerprint density at radius 2 is 1.56 bits per heavy atom. The van der Waals surface area contributed by atoms with Gasteiger partial charge in [0.05, 0.1) is 17.1 Å². The van der Waals surface area contributed by atoms with Crippen LogP contribution < -0.4 is 10.3 Å². The van der Waals surface area contributed by atoms with Crippen molar-refractivity contribution in [2.45, 2.75) is 25.3 Å². The summed E-state index contributed by atoms with van der Waals surface area (Å²) in [5, 5.41) is 8.69. The van der Waals surface area contributed by atoms with Crippen LogP contribution in [-0.2, 0) is 16.6 Å². The van der Waals surface area contributed by atoms with Crippen LogP contribution in [0.4, 0.5) is 0 Å². The zero-order chi connectivity index (χ0) is 22.7. The molecule has 8 nitrogen and oxygen atoms in total. The molecule has 2 heterocycles. The monoisotopic (exact) mass is 449 g/mol. The first kappa shape index (κ1) is 21.7. The fraction of sp³-hybridized carbons (Fsp3) is 0.174. The molecule has 0 radical (unpaired) electrons. The molecule has 32 heavy (non-hydrogen) atoms. The van der Waals surface area contributed by atoms with Crippen molar-refractivity contribution in [3.05, 3.63) is 94.5 Å². The molecular weight excluding hydrogens is 426 g/mol. The van der Waals surface area contributed by atoms with Gasteiger partial charge in [-0.3, -0.25) is 4.79 Å². The zero-order valence-electron chi connectivity index (χ0n) is 17.8. The molecule has 9 heteroatoms. The lowest BCUT2D eigenvalue weighted by molar-refractivity contribution is 0.541. The van der Waals surface area contributed by atoms with Crippen LogP contribution in [0.1, 0.15) is 11.4 Å². The summed E-state index contributed by atoms with van der Waals surface area (Å²) in [6.07, 6.45) is 0. The molecule has 2 aromatic heterocycles. The van der Waals surface area contributed by atoms with Crippen molar-refractivity contribution < 1.29 is 8.42 Å². The maximum absolute atomic E-state index is 12.7. The highest BCUT2D eigenvalue weighted by molar-refractivity contribution is 7.89. The smallest absolute Gasteiger partial charge is 0.266 e. The van der Waals surface area contributed by atoms with E-state index in [2.05, 4.69) is 14.9 Å². The Morgan fingerprint density at radius 1 is 0.875 bits per heavy atom. The molecule has 0 saturated heterocycles. The molecule has 0 saturated carbocycles. The van der Waals surface area contributed by atoms with Crippen molar-refractivity contribution >= 4 is 10.0 Å². The Bertz CT molecular complexity index is 1390. The van der Waals surface area contributed by atoms with Crippen molar-refractivity contribution in [2.24, 2.45) is 0 Å². The van der Waals surface area contributed by atoms with Crippen LogP contribution in [0.25, 0.3) is 16.9 Å². The van der Waals surface area contributed by atoms with Crippen LogP contribution in [0.15, 0.2) is 82.5 Å². The van der Waals surface area contributed by atoms with E-state index in [1.807, 2.05) is 50.2 Å². The fourth-order valence-electron chi connectivity index (χ4n) is 3.40. The summed E-state index contributed by atoms with van der Waals surface area (Å²) in [7, 11) is -3.72. The third kappa shape index (κ3) is 4.68. The van der Waals surface area contributed by atoms with Crippen molar-refractivity contribution in [1.29, 1.82) is 0 Å². The maximum atomic E-state index is 12.7. The highest BCUT2D eigenvalue weighted by Crippen LogP contribution is 2.20. The molecule has 2 aromatic carbocycles. The van der Waals surface area contributed by atoms with E-state index in [1.165, 1.54) is 10.7 Å². The van der Waals surface area contributed by atoms with Gasteiger partial charge in [0.15, 0.2) is 5.82 Å². The van der Waals surface area contributed by atoms with Gasteiger partial charge in [0.1, 0.15) is 0 Å². The fourth-order valence-corrected chi connectivity index (χ4v) is 4.42. The zero-order valence-corrected chi connectivity index (χ0v) is 18.6. The summed E-state index contributed by atoms with van der Waals surface area (Å²) in [6.45, 7) is 3.89. The number of hydrogen-bond donors (Lipinski definition) is 1. The predicted molar refractivity (Wildman–Crippen MR) is 122 cm³/mol. The molecule has 0 bridgehead atoms. The van der Waals surface area contributed by atoms with E-state index in [1.54, 1.807) is 35.0 Å². The molecule has 0 amide bonds. The van der Waals surface area contributed by atoms with E-state index >= 15 is 0 Å². The molecule has 1 N–H and O–H groups in total. The largest absolute Gasteiger partial charge is 0.268 e. The third-order valence-electron chi connectivity index (χ3n) is 4.97. The second kappa shape index (κ2) is 8.89. The summed E-state index contributed by atoms with van der Waals surface area (Å²) in [6, 6.07) is 21.3. The first-order chi connectivity index (χ1) is 15.3. The molecule has 0 unspecified atom stereocenters. The first-order valence-electron chi connectivity index (χ1n) is 10.1. The minimum atomic E-state index is -3.72. The average Bonchev–Trinajstić information content (AvgIpc) is 3.13. The quantitative estimate of drug-likeness (QED) is 0.468. The third-order valence-corrected chi connectivity index (χ3v) is 6.44. The summed E-state index contributed by atoms with van der Waals surface area (Å²) in [4.78, 5) is 12.3. The van der Waals surface area contributed by atoms with E-state index < -0.39 is 10.0 Å². The number of rotatable bonds is 7. The van der Waals surface area contributed by atoms with Crippen LogP contribution in [-0.4, -0.2) is 34.5 Å². The topological polar surface area (TPSA) is 98.9 Å². The van der Waals surface area contributed by atoms with E-state index in [9.17, 15) is 13.2 Å². The number of aryl methyl sites for hydroxylation is 2. The molecule has 4 rings (SSSR count). The number of nitrogens with zero attached hydrogens (tertiary/aromatic N) is 4. The Morgan fingerprint density at radius 3 is 2.22 bits per heavy atom. The molecular formula is C23H23N5O3S. The van der Waals surface area contributed by atoms with Crippen LogP contribution in [0, 0.1) is 13.8 Å². The minimum absolute atomic E-state index is 0.0241. The van der Waals surface area contributed by atoms with Gasteiger partial charge < -0.3 is 0 Å². The van der Waals surface area contributed by atoms with Gasteiger partial charge in [-0.25, -0.2) is 22.5 Å². The first-order valence-corrected chi connectivity index (χ1v) is 11.6. The number of benzene rings is 2. The second-order valence-corrected chi connectivity index (χ2v) is 9.15. The lowest BCUT2D eigenvalue weighted by atomic mass is 10.1. The molecule has 0 aliphatic rings. The van der Waals surface area contributed by atoms with E-state index in [0.29, 0.717) is 5.82 Å². The van der Waals surface area contributed by atoms with Gasteiger partial charge in [-0.2, -0.15) is 5.10 Å². The molecule has 0 fully saturated rings. The van der Waals surface area contributed by atoms with Gasteiger partial charge >= 0.3 is 0 Å². The highest BCUT2D eigenvalue weighted by Gasteiger charge is 2.14. The highest BCUT2D eigenvalue weighted by atomic mass is 32.2. The van der Waals surface area contributed by atoms with Gasteiger partial charge in [0.2, 0.25) is 10.0 Å². The Kier molecular flexibility index (Phi) is 6.02. The number of hydrogen-bond acceptors (Lipinski definition) is 5. The van der Waals surface area contributed by atoms with Crippen LogP contribution >= 0.6 is 0 Å². The van der Waals surface area contributed by atoms with Crippen molar-refractivity contribution in [1.82, 2.24) is 24.3 Å². The number of nitrogens with one attached hydrogen (secondary N) is 1. The van der Waals surface area contributed by atoms with Gasteiger partial charge in [0, 0.05) is 18.3 Å². The summed E-state index contributed by atoms with van der Waals surface area (Å²) < 4.78 is 30.7. The lowest BCUT2D eigenvalue weighted by Gasteiger charge is -2.10. The Balaban J connectivity index is 1.45. The van der Waals surface area contributed by atoms with Gasteiger partial charge in [-0.1, -0.05) is 42.5 Å². The maximum Gasteiger partial charge on any atom is 0.266 e. The van der Waals surface area contributed by atoms with Crippen LogP contribution in [0.2, 0.25) is 0 Å². The van der Waals surface area contributed by atoms with Crippen molar-refractivity contribution in [2.75, 3.05) is 6.54 Å². The molecule has 0 spiro atoms. The summed E-state index contributed by atoms with van der Waals surface area (Å²) >= 11 is 0. The lowest BCUT2D eigenvalue weighted by Crippen LogP contribution is -2.32. The molecule has 4 aromatic rings. The van der Waals surface area contributed by atoms with Crippen molar-refractivity contribution in [3.63, 3.8) is 0 Å². The van der Waals surface area contributed by atoms with E-state index in [4.69, 9.17) is 0 Å². The molecule has 0 aliphatic heterocycles. The molecule has 164 valence electrons.